The number of benzene rings is 1. The van der Waals surface area contributed by atoms with E-state index in [0.29, 0.717) is 5.69 Å². The Morgan fingerprint density at radius 2 is 2.00 bits per heavy atom. The van der Waals surface area contributed by atoms with Crippen LogP contribution in [0.5, 0.6) is 0 Å². The van der Waals surface area contributed by atoms with Gasteiger partial charge in [0.15, 0.2) is 5.96 Å². The fourth-order valence-corrected chi connectivity index (χ4v) is 3.11. The normalized spacial score (nSPS) is 18.6. The third kappa shape index (κ3) is 5.33. The first-order chi connectivity index (χ1) is 12.3. The van der Waals surface area contributed by atoms with Crippen molar-refractivity contribution in [1.82, 2.24) is 10.2 Å². The molecule has 5 nitrogen and oxygen atoms in total. The lowest BCUT2D eigenvalue weighted by Gasteiger charge is -2.37. The number of guanidine groups is 1. The van der Waals surface area contributed by atoms with Crippen LogP contribution in [0.15, 0.2) is 29.3 Å². The number of rotatable bonds is 7. The van der Waals surface area contributed by atoms with E-state index < -0.39 is 0 Å². The van der Waals surface area contributed by atoms with E-state index in [-0.39, 0.29) is 5.82 Å². The number of anilines is 1. The molecule has 0 amide bonds. The van der Waals surface area contributed by atoms with Crippen LogP contribution in [-0.4, -0.2) is 63.8 Å². The van der Waals surface area contributed by atoms with E-state index in [1.54, 1.807) is 6.07 Å². The van der Waals surface area contributed by atoms with Crippen molar-refractivity contribution in [3.05, 3.63) is 30.1 Å². The van der Waals surface area contributed by atoms with E-state index in [2.05, 4.69) is 20.1 Å². The van der Waals surface area contributed by atoms with Crippen LogP contribution < -0.4 is 10.2 Å². The molecule has 0 bridgehead atoms. The SMILES string of the molecule is CN=C(NCCCOCC1CC1)N1CCN(c2ccccc2F)CC1. The lowest BCUT2D eigenvalue weighted by atomic mass is 10.2. The number of hydrogen-bond acceptors (Lipinski definition) is 3. The second-order valence-electron chi connectivity index (χ2n) is 6.77. The first kappa shape index (κ1) is 18.0. The summed E-state index contributed by atoms with van der Waals surface area (Å²) in [6, 6.07) is 6.99. The number of hydrogen-bond donors (Lipinski definition) is 1. The summed E-state index contributed by atoms with van der Waals surface area (Å²) in [6.07, 6.45) is 3.66. The smallest absolute Gasteiger partial charge is 0.193 e. The Hall–Kier alpha value is -1.82. The van der Waals surface area contributed by atoms with E-state index in [9.17, 15) is 4.39 Å². The summed E-state index contributed by atoms with van der Waals surface area (Å²) in [5, 5.41) is 3.41. The number of aliphatic imine (C=N–C) groups is 1. The molecule has 1 aromatic rings. The van der Waals surface area contributed by atoms with Crippen LogP contribution in [0.1, 0.15) is 19.3 Å². The van der Waals surface area contributed by atoms with Gasteiger partial charge in [-0.2, -0.15) is 0 Å². The Labute approximate surface area is 149 Å². The molecule has 25 heavy (non-hydrogen) atoms. The second kappa shape index (κ2) is 9.04. The maximum absolute atomic E-state index is 13.9. The fourth-order valence-electron chi connectivity index (χ4n) is 3.11. The highest BCUT2D eigenvalue weighted by molar-refractivity contribution is 5.80. The molecule has 0 unspecified atom stereocenters. The highest BCUT2D eigenvalue weighted by atomic mass is 19.1. The molecule has 1 saturated carbocycles. The predicted octanol–water partition coefficient (Wildman–Crippen LogP) is 2.34. The molecule has 1 aliphatic heterocycles. The highest BCUT2D eigenvalue weighted by Crippen LogP contribution is 2.28. The van der Waals surface area contributed by atoms with Gasteiger partial charge in [0.25, 0.3) is 0 Å². The lowest BCUT2D eigenvalue weighted by molar-refractivity contribution is 0.122. The van der Waals surface area contributed by atoms with Crippen molar-refractivity contribution in [2.75, 3.05) is 57.9 Å². The van der Waals surface area contributed by atoms with E-state index in [1.807, 2.05) is 19.2 Å². The van der Waals surface area contributed by atoms with Gasteiger partial charge in [-0.3, -0.25) is 4.99 Å². The molecular weight excluding hydrogens is 319 g/mol. The molecule has 1 heterocycles. The molecule has 0 radical (unpaired) electrons. The summed E-state index contributed by atoms with van der Waals surface area (Å²) >= 11 is 0. The fraction of sp³-hybridized carbons (Fsp3) is 0.632. The molecule has 138 valence electrons. The van der Waals surface area contributed by atoms with Crippen molar-refractivity contribution in [2.24, 2.45) is 10.9 Å². The molecule has 1 saturated heterocycles. The third-order valence-corrected chi connectivity index (χ3v) is 4.78. The van der Waals surface area contributed by atoms with Gasteiger partial charge in [-0.1, -0.05) is 12.1 Å². The summed E-state index contributed by atoms with van der Waals surface area (Å²) in [6.45, 7) is 5.87. The van der Waals surface area contributed by atoms with Crippen LogP contribution >= 0.6 is 0 Å². The second-order valence-corrected chi connectivity index (χ2v) is 6.77. The minimum Gasteiger partial charge on any atom is -0.381 e. The summed E-state index contributed by atoms with van der Waals surface area (Å²) in [5.41, 5.74) is 0.693. The molecular formula is C19H29FN4O. The maximum Gasteiger partial charge on any atom is 0.193 e. The Morgan fingerprint density at radius 1 is 1.24 bits per heavy atom. The average Bonchev–Trinajstić information content (AvgIpc) is 3.46. The molecule has 2 aliphatic rings. The number of nitrogens with zero attached hydrogens (tertiary/aromatic N) is 3. The summed E-state index contributed by atoms with van der Waals surface area (Å²) in [5.74, 6) is 1.60. The quantitative estimate of drug-likeness (QED) is 0.466. The molecule has 6 heteroatoms. The molecule has 1 N–H and O–H groups in total. The van der Waals surface area contributed by atoms with Gasteiger partial charge >= 0.3 is 0 Å². The standard InChI is InChI=1S/C19H29FN4O/c1-21-19(22-9-4-14-25-15-16-7-8-16)24-12-10-23(11-13-24)18-6-3-2-5-17(18)20/h2-3,5-6,16H,4,7-15H2,1H3,(H,21,22). The Morgan fingerprint density at radius 3 is 2.68 bits per heavy atom. The zero-order chi connectivity index (χ0) is 17.5. The molecule has 3 rings (SSSR count). The minimum absolute atomic E-state index is 0.148. The van der Waals surface area contributed by atoms with Gasteiger partial charge in [0.05, 0.1) is 5.69 Å². The lowest BCUT2D eigenvalue weighted by Crippen LogP contribution is -2.52. The Balaban J connectivity index is 1.37. The molecule has 0 atom stereocenters. The van der Waals surface area contributed by atoms with E-state index in [0.717, 1.165) is 64.2 Å². The average molecular weight is 348 g/mol. The van der Waals surface area contributed by atoms with Crippen LogP contribution in [0.3, 0.4) is 0 Å². The van der Waals surface area contributed by atoms with Crippen LogP contribution in [0.4, 0.5) is 10.1 Å². The van der Waals surface area contributed by atoms with Crippen molar-refractivity contribution in [2.45, 2.75) is 19.3 Å². The monoisotopic (exact) mass is 348 g/mol. The van der Waals surface area contributed by atoms with Crippen LogP contribution in [0.2, 0.25) is 0 Å². The molecule has 1 aliphatic carbocycles. The van der Waals surface area contributed by atoms with Gasteiger partial charge < -0.3 is 19.9 Å². The highest BCUT2D eigenvalue weighted by Gasteiger charge is 2.22. The summed E-state index contributed by atoms with van der Waals surface area (Å²) < 4.78 is 19.6. The van der Waals surface area contributed by atoms with Gasteiger partial charge in [0, 0.05) is 53.0 Å². The first-order valence-electron chi connectivity index (χ1n) is 9.30. The Kier molecular flexibility index (Phi) is 6.50. The van der Waals surface area contributed by atoms with Crippen molar-refractivity contribution in [1.29, 1.82) is 0 Å². The van der Waals surface area contributed by atoms with Crippen molar-refractivity contribution in [3.63, 3.8) is 0 Å². The van der Waals surface area contributed by atoms with E-state index >= 15 is 0 Å². The van der Waals surface area contributed by atoms with E-state index in [1.165, 1.54) is 18.9 Å². The Bertz CT molecular complexity index is 568. The van der Waals surface area contributed by atoms with Crippen molar-refractivity contribution >= 4 is 11.6 Å². The third-order valence-electron chi connectivity index (χ3n) is 4.78. The number of piperazine rings is 1. The van der Waals surface area contributed by atoms with Crippen molar-refractivity contribution < 1.29 is 9.13 Å². The maximum atomic E-state index is 13.9. The zero-order valence-electron chi connectivity index (χ0n) is 15.1. The predicted molar refractivity (Wildman–Crippen MR) is 99.7 cm³/mol. The topological polar surface area (TPSA) is 40.1 Å². The molecule has 0 spiro atoms. The van der Waals surface area contributed by atoms with Crippen molar-refractivity contribution in [3.8, 4) is 0 Å². The molecule has 1 aromatic carbocycles. The van der Waals surface area contributed by atoms with Crippen LogP contribution in [0.25, 0.3) is 0 Å². The van der Waals surface area contributed by atoms with Gasteiger partial charge in [-0.25, -0.2) is 4.39 Å². The van der Waals surface area contributed by atoms with E-state index in [4.69, 9.17) is 4.74 Å². The first-order valence-corrected chi connectivity index (χ1v) is 9.30. The number of halogens is 1. The van der Waals surface area contributed by atoms with Crippen LogP contribution in [-0.2, 0) is 4.74 Å². The largest absolute Gasteiger partial charge is 0.381 e. The van der Waals surface area contributed by atoms with Gasteiger partial charge in [0.2, 0.25) is 0 Å². The van der Waals surface area contributed by atoms with Crippen LogP contribution in [0, 0.1) is 11.7 Å². The van der Waals surface area contributed by atoms with Gasteiger partial charge in [-0.15, -0.1) is 0 Å². The summed E-state index contributed by atoms with van der Waals surface area (Å²) in [7, 11) is 1.81. The number of nitrogens with one attached hydrogen (secondary N) is 1. The zero-order valence-corrected chi connectivity index (χ0v) is 15.1. The van der Waals surface area contributed by atoms with Gasteiger partial charge in [0.1, 0.15) is 5.82 Å². The minimum atomic E-state index is -0.148. The summed E-state index contributed by atoms with van der Waals surface area (Å²) in [4.78, 5) is 8.72. The number of para-hydroxylation sites is 1. The van der Waals surface area contributed by atoms with Gasteiger partial charge in [-0.05, 0) is 37.3 Å². The molecule has 0 aromatic heterocycles. The molecule has 2 fully saturated rings. The number of ether oxygens (including phenoxy) is 1.